The van der Waals surface area contributed by atoms with Crippen LogP contribution in [0.25, 0.3) is 0 Å². The summed E-state index contributed by atoms with van der Waals surface area (Å²) in [6.45, 7) is 1.88. The summed E-state index contributed by atoms with van der Waals surface area (Å²) in [6, 6.07) is 12.4. The summed E-state index contributed by atoms with van der Waals surface area (Å²) < 4.78 is 0. The molecule has 1 aliphatic heterocycles. The van der Waals surface area contributed by atoms with Crippen molar-refractivity contribution in [2.45, 2.75) is 13.0 Å². The third kappa shape index (κ3) is 2.42. The topological polar surface area (TPSA) is 48.7 Å². The molecule has 0 fully saturated rings. The Balaban J connectivity index is 1.81. The Morgan fingerprint density at radius 1 is 1.16 bits per heavy atom. The van der Waals surface area contributed by atoms with Gasteiger partial charge in [-0.2, -0.15) is 0 Å². The first-order valence-electron chi connectivity index (χ1n) is 6.32. The number of benzene rings is 1. The van der Waals surface area contributed by atoms with E-state index in [0.717, 1.165) is 30.9 Å². The minimum Gasteiger partial charge on any atom is -0.411 e. The second-order valence-electron chi connectivity index (χ2n) is 4.63. The molecule has 2 aromatic rings. The van der Waals surface area contributed by atoms with Gasteiger partial charge in [0.1, 0.15) is 5.82 Å². The van der Waals surface area contributed by atoms with Crippen molar-refractivity contribution >= 4 is 12.0 Å². The molecule has 4 heteroatoms. The predicted molar refractivity (Wildman–Crippen MR) is 74.8 cm³/mol. The quantitative estimate of drug-likeness (QED) is 0.508. The molecule has 0 saturated carbocycles. The maximum absolute atomic E-state index is 8.48. The van der Waals surface area contributed by atoms with E-state index < -0.39 is 0 Å². The molecule has 96 valence electrons. The van der Waals surface area contributed by atoms with E-state index in [9.17, 15) is 0 Å². The van der Waals surface area contributed by atoms with Crippen molar-refractivity contribution in [3.8, 4) is 0 Å². The number of hydrogen-bond acceptors (Lipinski definition) is 4. The molecule has 1 N–H and O–H groups in total. The molecule has 0 unspecified atom stereocenters. The Hall–Kier alpha value is -2.36. The molecule has 0 atom stereocenters. The van der Waals surface area contributed by atoms with Gasteiger partial charge in [-0.3, -0.25) is 0 Å². The second-order valence-corrected chi connectivity index (χ2v) is 4.63. The monoisotopic (exact) mass is 253 g/mol. The van der Waals surface area contributed by atoms with Crippen LogP contribution < -0.4 is 4.90 Å². The van der Waals surface area contributed by atoms with Gasteiger partial charge >= 0.3 is 0 Å². The van der Waals surface area contributed by atoms with Gasteiger partial charge in [0, 0.05) is 24.8 Å². The maximum atomic E-state index is 8.48. The lowest BCUT2D eigenvalue weighted by Crippen LogP contribution is -2.30. The van der Waals surface area contributed by atoms with Gasteiger partial charge in [-0.15, -0.1) is 0 Å². The van der Waals surface area contributed by atoms with Crippen molar-refractivity contribution in [2.75, 3.05) is 11.4 Å². The summed E-state index contributed by atoms with van der Waals surface area (Å²) in [5, 5.41) is 11.5. The highest BCUT2D eigenvalue weighted by atomic mass is 16.4. The van der Waals surface area contributed by atoms with E-state index >= 15 is 0 Å². The van der Waals surface area contributed by atoms with Gasteiger partial charge < -0.3 is 10.1 Å². The van der Waals surface area contributed by atoms with Crippen molar-refractivity contribution in [1.29, 1.82) is 0 Å². The molecule has 3 rings (SSSR count). The number of rotatable bonds is 2. The normalized spacial score (nSPS) is 14.6. The zero-order valence-electron chi connectivity index (χ0n) is 10.5. The van der Waals surface area contributed by atoms with Crippen molar-refractivity contribution in [2.24, 2.45) is 5.16 Å². The standard InChI is InChI=1S/C15H15N3O/c19-17-10-12-5-6-15(16-9-12)18-8-7-13-3-1-2-4-14(13)11-18/h1-6,9-10,19H,7-8,11H2/b17-10-. The van der Waals surface area contributed by atoms with E-state index in [-0.39, 0.29) is 0 Å². The number of hydrogen-bond donors (Lipinski definition) is 1. The van der Waals surface area contributed by atoms with Crippen molar-refractivity contribution in [3.05, 3.63) is 59.3 Å². The fourth-order valence-electron chi connectivity index (χ4n) is 2.42. The van der Waals surface area contributed by atoms with E-state index in [0.29, 0.717) is 0 Å². The molecular formula is C15H15N3O. The highest BCUT2D eigenvalue weighted by Gasteiger charge is 2.16. The van der Waals surface area contributed by atoms with Gasteiger partial charge in [-0.1, -0.05) is 29.4 Å². The third-order valence-electron chi connectivity index (χ3n) is 3.43. The van der Waals surface area contributed by atoms with Crippen LogP contribution in [0.3, 0.4) is 0 Å². The van der Waals surface area contributed by atoms with E-state index in [1.807, 2.05) is 12.1 Å². The van der Waals surface area contributed by atoms with Gasteiger partial charge in [0.15, 0.2) is 0 Å². The molecule has 4 nitrogen and oxygen atoms in total. The van der Waals surface area contributed by atoms with E-state index in [2.05, 4.69) is 39.3 Å². The van der Waals surface area contributed by atoms with Gasteiger partial charge in [-0.05, 0) is 29.7 Å². The van der Waals surface area contributed by atoms with Crippen LogP contribution in [-0.2, 0) is 13.0 Å². The Labute approximate surface area is 112 Å². The average molecular weight is 253 g/mol. The zero-order chi connectivity index (χ0) is 13.1. The van der Waals surface area contributed by atoms with Crippen LogP contribution in [0.5, 0.6) is 0 Å². The molecule has 0 amide bonds. The van der Waals surface area contributed by atoms with Gasteiger partial charge in [0.25, 0.3) is 0 Å². The number of fused-ring (bicyclic) bond motifs is 1. The minimum absolute atomic E-state index is 0.795. The summed E-state index contributed by atoms with van der Waals surface area (Å²) in [6.07, 6.45) is 4.15. The molecule has 1 aliphatic rings. The molecule has 0 radical (unpaired) electrons. The highest BCUT2D eigenvalue weighted by molar-refractivity contribution is 5.78. The van der Waals surface area contributed by atoms with Crippen LogP contribution in [-0.4, -0.2) is 23.0 Å². The SMILES string of the molecule is O/N=C\c1ccc(N2CCc3ccccc3C2)nc1. The van der Waals surface area contributed by atoms with E-state index in [4.69, 9.17) is 5.21 Å². The number of oxime groups is 1. The zero-order valence-corrected chi connectivity index (χ0v) is 10.5. The molecule has 19 heavy (non-hydrogen) atoms. The largest absolute Gasteiger partial charge is 0.411 e. The Morgan fingerprint density at radius 3 is 2.74 bits per heavy atom. The Kier molecular flexibility index (Phi) is 3.14. The van der Waals surface area contributed by atoms with E-state index in [1.165, 1.54) is 17.3 Å². The van der Waals surface area contributed by atoms with Gasteiger partial charge in [-0.25, -0.2) is 4.98 Å². The van der Waals surface area contributed by atoms with Crippen molar-refractivity contribution in [1.82, 2.24) is 4.98 Å². The number of anilines is 1. The Morgan fingerprint density at radius 2 is 2.00 bits per heavy atom. The number of pyridine rings is 1. The molecular weight excluding hydrogens is 238 g/mol. The first-order valence-corrected chi connectivity index (χ1v) is 6.32. The second kappa shape index (κ2) is 5.10. The minimum atomic E-state index is 0.795. The van der Waals surface area contributed by atoms with Crippen LogP contribution in [0, 0.1) is 0 Å². The summed E-state index contributed by atoms with van der Waals surface area (Å²) in [5.74, 6) is 0.963. The predicted octanol–water partition coefficient (Wildman–Crippen LogP) is 2.45. The first-order chi connectivity index (χ1) is 9.36. The molecule has 1 aromatic carbocycles. The average Bonchev–Trinajstić information content (AvgIpc) is 2.48. The van der Waals surface area contributed by atoms with Gasteiger partial charge in [0.2, 0.25) is 0 Å². The first kappa shape index (κ1) is 11.7. The molecule has 2 heterocycles. The smallest absolute Gasteiger partial charge is 0.128 e. The molecule has 1 aromatic heterocycles. The summed E-state index contributed by atoms with van der Waals surface area (Å²) >= 11 is 0. The number of nitrogens with zero attached hydrogens (tertiary/aromatic N) is 3. The van der Waals surface area contributed by atoms with Crippen LogP contribution in [0.1, 0.15) is 16.7 Å². The van der Waals surface area contributed by atoms with Crippen LogP contribution in [0.4, 0.5) is 5.82 Å². The third-order valence-corrected chi connectivity index (χ3v) is 3.43. The lowest BCUT2D eigenvalue weighted by molar-refractivity contribution is 0.322. The highest BCUT2D eigenvalue weighted by Crippen LogP contribution is 2.22. The summed E-state index contributed by atoms with van der Waals surface area (Å²) in [4.78, 5) is 6.68. The maximum Gasteiger partial charge on any atom is 0.128 e. The molecule has 0 aliphatic carbocycles. The lowest BCUT2D eigenvalue weighted by Gasteiger charge is -2.29. The van der Waals surface area contributed by atoms with Crippen molar-refractivity contribution < 1.29 is 5.21 Å². The molecule has 0 spiro atoms. The molecule has 0 bridgehead atoms. The van der Waals surface area contributed by atoms with Crippen LogP contribution in [0.2, 0.25) is 0 Å². The van der Waals surface area contributed by atoms with E-state index in [1.54, 1.807) is 6.20 Å². The number of aromatic nitrogens is 1. The van der Waals surface area contributed by atoms with Crippen LogP contribution in [0.15, 0.2) is 47.8 Å². The van der Waals surface area contributed by atoms with Gasteiger partial charge in [0.05, 0.1) is 6.21 Å². The van der Waals surface area contributed by atoms with Crippen LogP contribution >= 0.6 is 0 Å². The Bertz CT molecular complexity index is 593. The summed E-state index contributed by atoms with van der Waals surface area (Å²) in [7, 11) is 0. The lowest BCUT2D eigenvalue weighted by atomic mass is 10.00. The fourth-order valence-corrected chi connectivity index (χ4v) is 2.42. The summed E-state index contributed by atoms with van der Waals surface area (Å²) in [5.41, 5.74) is 3.60. The fraction of sp³-hybridized carbons (Fsp3) is 0.200. The van der Waals surface area contributed by atoms with Crippen molar-refractivity contribution in [3.63, 3.8) is 0 Å². The molecule has 0 saturated heterocycles.